The second-order valence-corrected chi connectivity index (χ2v) is 4.51. The second kappa shape index (κ2) is 3.90. The summed E-state index contributed by atoms with van der Waals surface area (Å²) in [6.45, 7) is 1.89. The van der Waals surface area contributed by atoms with Gasteiger partial charge in [0.1, 0.15) is 5.69 Å². The first kappa shape index (κ1) is 10.6. The molecule has 0 radical (unpaired) electrons. The highest BCUT2D eigenvalue weighted by Gasteiger charge is 2.13. The number of hydrogen-bond donors (Lipinski definition) is 1. The van der Waals surface area contributed by atoms with Gasteiger partial charge < -0.3 is 5.73 Å². The lowest BCUT2D eigenvalue weighted by molar-refractivity contribution is -0.383. The van der Waals surface area contributed by atoms with E-state index in [0.29, 0.717) is 0 Å². The average Bonchev–Trinajstić information content (AvgIpc) is 2.65. The molecule has 0 atom stereocenters. The van der Waals surface area contributed by atoms with Gasteiger partial charge in [-0.3, -0.25) is 10.1 Å². The van der Waals surface area contributed by atoms with Crippen molar-refractivity contribution >= 4 is 22.7 Å². The zero-order valence-electron chi connectivity index (χ0n) is 8.51. The summed E-state index contributed by atoms with van der Waals surface area (Å²) in [5.74, 6) is 0. The zero-order chi connectivity index (χ0) is 11.7. The Bertz CT molecular complexity index is 551. The van der Waals surface area contributed by atoms with Crippen molar-refractivity contribution in [2.24, 2.45) is 0 Å². The number of nitro benzene ring substituents is 1. The zero-order valence-corrected chi connectivity index (χ0v) is 9.32. The number of nitrogen functional groups attached to an aromatic ring is 1. The average molecular weight is 235 g/mol. The molecule has 0 bridgehead atoms. The molecule has 1 aromatic carbocycles. The molecule has 0 unspecified atom stereocenters. The van der Waals surface area contributed by atoms with Crippen LogP contribution in [-0.2, 0) is 0 Å². The fourth-order valence-corrected chi connectivity index (χ4v) is 2.12. The van der Waals surface area contributed by atoms with Crippen LogP contribution in [0.3, 0.4) is 0 Å². The van der Waals surface area contributed by atoms with E-state index in [1.807, 2.05) is 6.92 Å². The van der Waals surface area contributed by atoms with Crippen LogP contribution in [0.15, 0.2) is 24.4 Å². The molecule has 0 spiro atoms. The van der Waals surface area contributed by atoms with Crippen LogP contribution in [-0.4, -0.2) is 9.91 Å². The van der Waals surface area contributed by atoms with Crippen LogP contribution in [0.5, 0.6) is 0 Å². The maximum atomic E-state index is 10.7. The third-order valence-electron chi connectivity index (χ3n) is 2.13. The summed E-state index contributed by atoms with van der Waals surface area (Å²) < 4.78 is 0. The van der Waals surface area contributed by atoms with Crippen LogP contribution in [0, 0.1) is 17.0 Å². The first-order valence-corrected chi connectivity index (χ1v) is 5.36. The summed E-state index contributed by atoms with van der Waals surface area (Å²) >= 11 is 1.49. The van der Waals surface area contributed by atoms with Crippen LogP contribution < -0.4 is 5.73 Å². The monoisotopic (exact) mass is 235 g/mol. The minimum Gasteiger partial charge on any atom is -0.393 e. The topological polar surface area (TPSA) is 82.0 Å². The molecule has 82 valence electrons. The van der Waals surface area contributed by atoms with E-state index in [9.17, 15) is 10.1 Å². The number of thiazole rings is 1. The van der Waals surface area contributed by atoms with Gasteiger partial charge in [-0.25, -0.2) is 4.98 Å². The number of nitrogens with two attached hydrogens (primary N) is 1. The standard InChI is InChI=1S/C10H9N3O2S/c1-6-12-5-10(16-6)7-2-3-8(11)9(4-7)13(14)15/h2-5H,11H2,1H3. The maximum Gasteiger partial charge on any atom is 0.292 e. The summed E-state index contributed by atoms with van der Waals surface area (Å²) in [5.41, 5.74) is 6.40. The van der Waals surface area contributed by atoms with E-state index in [-0.39, 0.29) is 11.4 Å². The van der Waals surface area contributed by atoms with Crippen LogP contribution in [0.2, 0.25) is 0 Å². The van der Waals surface area contributed by atoms with Crippen LogP contribution in [0.4, 0.5) is 11.4 Å². The van der Waals surface area contributed by atoms with Crippen molar-refractivity contribution in [2.75, 3.05) is 5.73 Å². The van der Waals surface area contributed by atoms with Crippen molar-refractivity contribution in [3.05, 3.63) is 39.5 Å². The number of hydrogen-bond acceptors (Lipinski definition) is 5. The van der Waals surface area contributed by atoms with Crippen LogP contribution >= 0.6 is 11.3 Å². The minimum atomic E-state index is -0.479. The lowest BCUT2D eigenvalue weighted by Gasteiger charge is -1.99. The molecule has 6 heteroatoms. The molecule has 5 nitrogen and oxygen atoms in total. The number of nitro groups is 1. The van der Waals surface area contributed by atoms with Gasteiger partial charge in [0.15, 0.2) is 0 Å². The maximum absolute atomic E-state index is 10.7. The minimum absolute atomic E-state index is 0.0662. The fourth-order valence-electron chi connectivity index (χ4n) is 1.35. The third-order valence-corrected chi connectivity index (χ3v) is 3.09. The Balaban J connectivity index is 2.51. The van der Waals surface area contributed by atoms with Gasteiger partial charge in [-0.2, -0.15) is 0 Å². The highest BCUT2D eigenvalue weighted by atomic mass is 32.1. The Labute approximate surface area is 95.7 Å². The van der Waals surface area contributed by atoms with E-state index in [1.54, 1.807) is 18.3 Å². The molecule has 2 aromatic rings. The van der Waals surface area contributed by atoms with Gasteiger partial charge in [0.05, 0.1) is 14.8 Å². The van der Waals surface area contributed by atoms with E-state index in [2.05, 4.69) is 4.98 Å². The van der Waals surface area contributed by atoms with Gasteiger partial charge in [-0.05, 0) is 13.0 Å². The molecule has 0 amide bonds. The Morgan fingerprint density at radius 2 is 2.25 bits per heavy atom. The van der Waals surface area contributed by atoms with Crippen molar-refractivity contribution in [1.82, 2.24) is 4.98 Å². The summed E-state index contributed by atoms with van der Waals surface area (Å²) in [4.78, 5) is 15.3. The Morgan fingerprint density at radius 3 is 2.81 bits per heavy atom. The Morgan fingerprint density at radius 1 is 1.50 bits per heavy atom. The molecular weight excluding hydrogens is 226 g/mol. The third kappa shape index (κ3) is 1.87. The van der Waals surface area contributed by atoms with Crippen molar-refractivity contribution < 1.29 is 4.92 Å². The van der Waals surface area contributed by atoms with E-state index in [4.69, 9.17) is 5.73 Å². The van der Waals surface area contributed by atoms with Crippen molar-refractivity contribution in [3.8, 4) is 10.4 Å². The fraction of sp³-hybridized carbons (Fsp3) is 0.100. The molecule has 0 aliphatic heterocycles. The molecule has 0 fully saturated rings. The molecular formula is C10H9N3O2S. The molecule has 2 rings (SSSR count). The SMILES string of the molecule is Cc1ncc(-c2ccc(N)c([N+](=O)[O-])c2)s1. The van der Waals surface area contributed by atoms with E-state index in [1.165, 1.54) is 17.4 Å². The number of nitrogens with zero attached hydrogens (tertiary/aromatic N) is 2. The highest BCUT2D eigenvalue weighted by Crippen LogP contribution is 2.31. The molecule has 2 N–H and O–H groups in total. The number of aryl methyl sites for hydroxylation is 1. The number of benzene rings is 1. The van der Waals surface area contributed by atoms with Crippen molar-refractivity contribution in [1.29, 1.82) is 0 Å². The van der Waals surface area contributed by atoms with Crippen molar-refractivity contribution in [2.45, 2.75) is 6.92 Å². The van der Waals surface area contributed by atoms with Gasteiger partial charge in [0.25, 0.3) is 5.69 Å². The molecule has 16 heavy (non-hydrogen) atoms. The lowest BCUT2D eigenvalue weighted by Crippen LogP contribution is -1.95. The molecule has 0 saturated carbocycles. The molecule has 1 aromatic heterocycles. The Hall–Kier alpha value is -1.95. The van der Waals surface area contributed by atoms with E-state index in [0.717, 1.165) is 15.4 Å². The summed E-state index contributed by atoms with van der Waals surface area (Å²) in [6, 6.07) is 4.78. The van der Waals surface area contributed by atoms with E-state index >= 15 is 0 Å². The Kier molecular flexibility index (Phi) is 2.57. The summed E-state index contributed by atoms with van der Waals surface area (Å²) in [7, 11) is 0. The highest BCUT2D eigenvalue weighted by molar-refractivity contribution is 7.15. The first-order chi connectivity index (χ1) is 7.58. The van der Waals surface area contributed by atoms with Gasteiger partial charge in [-0.15, -0.1) is 11.3 Å². The quantitative estimate of drug-likeness (QED) is 0.492. The predicted molar refractivity (Wildman–Crippen MR) is 63.4 cm³/mol. The normalized spacial score (nSPS) is 10.3. The summed E-state index contributed by atoms with van der Waals surface area (Å²) in [5, 5.41) is 11.6. The van der Waals surface area contributed by atoms with Gasteiger partial charge >= 0.3 is 0 Å². The van der Waals surface area contributed by atoms with Crippen molar-refractivity contribution in [3.63, 3.8) is 0 Å². The molecule has 0 aliphatic rings. The van der Waals surface area contributed by atoms with Crippen LogP contribution in [0.25, 0.3) is 10.4 Å². The van der Waals surface area contributed by atoms with Gasteiger partial charge in [-0.1, -0.05) is 6.07 Å². The molecule has 1 heterocycles. The van der Waals surface area contributed by atoms with E-state index < -0.39 is 4.92 Å². The van der Waals surface area contributed by atoms with Crippen LogP contribution in [0.1, 0.15) is 5.01 Å². The summed E-state index contributed by atoms with van der Waals surface area (Å²) in [6.07, 6.45) is 1.70. The van der Waals surface area contributed by atoms with Gasteiger partial charge in [0.2, 0.25) is 0 Å². The lowest BCUT2D eigenvalue weighted by atomic mass is 10.1. The molecule has 0 saturated heterocycles. The molecule has 0 aliphatic carbocycles. The predicted octanol–water partition coefficient (Wildman–Crippen LogP) is 2.61. The number of rotatable bonds is 2. The van der Waals surface area contributed by atoms with Gasteiger partial charge in [0, 0.05) is 17.8 Å². The smallest absolute Gasteiger partial charge is 0.292 e. The first-order valence-electron chi connectivity index (χ1n) is 4.54. The number of anilines is 1. The number of aromatic nitrogens is 1. The largest absolute Gasteiger partial charge is 0.393 e. The second-order valence-electron chi connectivity index (χ2n) is 3.27.